The van der Waals surface area contributed by atoms with Crippen molar-refractivity contribution in [2.45, 2.75) is 25.9 Å². The molecule has 2 N–H and O–H groups in total. The first kappa shape index (κ1) is 14.9. The summed E-state index contributed by atoms with van der Waals surface area (Å²) in [6, 6.07) is 16.7. The molecule has 2 rings (SSSR count). The van der Waals surface area contributed by atoms with Crippen LogP contribution in [0, 0.1) is 0 Å². The maximum Gasteiger partial charge on any atom is 0.0409 e. The molecule has 0 radical (unpaired) electrons. The highest BCUT2D eigenvalue weighted by atomic mass is 35.5. The summed E-state index contributed by atoms with van der Waals surface area (Å²) in [6.45, 7) is 4.39. The predicted octanol–water partition coefficient (Wildman–Crippen LogP) is 4.68. The van der Waals surface area contributed by atoms with Gasteiger partial charge in [-0.1, -0.05) is 35.9 Å². The smallest absolute Gasteiger partial charge is 0.0409 e. The number of hydrogen-bond donors (Lipinski definition) is 1. The molecule has 0 aliphatic heterocycles. The second-order valence-electron chi connectivity index (χ2n) is 5.24. The van der Waals surface area contributed by atoms with E-state index in [1.807, 2.05) is 30.3 Å². The minimum atomic E-state index is 0.293. The molecular formula is C17H21ClN2. The van der Waals surface area contributed by atoms with Gasteiger partial charge in [-0.25, -0.2) is 0 Å². The number of nitrogen functional groups attached to an aromatic ring is 1. The van der Waals surface area contributed by atoms with E-state index < -0.39 is 0 Å². The topological polar surface area (TPSA) is 29.3 Å². The van der Waals surface area contributed by atoms with Crippen LogP contribution >= 0.6 is 11.6 Å². The third-order valence-electron chi connectivity index (χ3n) is 3.97. The lowest BCUT2D eigenvalue weighted by Crippen LogP contribution is -2.25. The molecule has 3 heteroatoms. The van der Waals surface area contributed by atoms with Crippen molar-refractivity contribution in [2.24, 2.45) is 0 Å². The molecule has 0 saturated carbocycles. The lowest BCUT2D eigenvalue weighted by molar-refractivity contribution is 0.199. The molecule has 0 spiro atoms. The summed E-state index contributed by atoms with van der Waals surface area (Å²) in [5.74, 6) is 0. The maximum absolute atomic E-state index is 6.08. The molecule has 0 fully saturated rings. The number of hydrogen-bond acceptors (Lipinski definition) is 2. The lowest BCUT2D eigenvalue weighted by atomic mass is 10.0. The zero-order valence-electron chi connectivity index (χ0n) is 12.2. The van der Waals surface area contributed by atoms with Crippen molar-refractivity contribution in [3.05, 3.63) is 64.7 Å². The standard InChI is InChI=1S/C17H21ClN2/c1-12(14-7-9-17(19)10-8-14)20(3)13(2)15-5-4-6-16(18)11-15/h4-13H,19H2,1-3H3. The zero-order valence-corrected chi connectivity index (χ0v) is 12.9. The summed E-state index contributed by atoms with van der Waals surface area (Å²) in [7, 11) is 2.13. The van der Waals surface area contributed by atoms with E-state index >= 15 is 0 Å². The Hall–Kier alpha value is -1.51. The molecule has 0 aliphatic rings. The zero-order chi connectivity index (χ0) is 14.7. The average molecular weight is 289 g/mol. The molecule has 0 aliphatic carbocycles. The molecule has 0 bridgehead atoms. The van der Waals surface area contributed by atoms with Crippen LogP contribution in [-0.4, -0.2) is 11.9 Å². The Balaban J connectivity index is 2.17. The molecule has 2 atom stereocenters. The van der Waals surface area contributed by atoms with Gasteiger partial charge in [-0.3, -0.25) is 4.90 Å². The van der Waals surface area contributed by atoms with Crippen LogP contribution in [-0.2, 0) is 0 Å². The van der Waals surface area contributed by atoms with Crippen LogP contribution in [0.3, 0.4) is 0 Å². The number of rotatable bonds is 4. The molecule has 20 heavy (non-hydrogen) atoms. The molecule has 0 heterocycles. The Kier molecular flexibility index (Phi) is 4.69. The van der Waals surface area contributed by atoms with Gasteiger partial charge in [0, 0.05) is 22.8 Å². The Labute approximate surface area is 126 Å². The fourth-order valence-corrected chi connectivity index (χ4v) is 2.55. The Bertz CT molecular complexity index is 565. The fourth-order valence-electron chi connectivity index (χ4n) is 2.35. The number of anilines is 1. The van der Waals surface area contributed by atoms with Crippen LogP contribution in [0.5, 0.6) is 0 Å². The van der Waals surface area contributed by atoms with Crippen molar-refractivity contribution in [1.29, 1.82) is 0 Å². The summed E-state index contributed by atoms with van der Waals surface area (Å²) in [4.78, 5) is 2.33. The minimum absolute atomic E-state index is 0.293. The summed E-state index contributed by atoms with van der Waals surface area (Å²) >= 11 is 6.08. The highest BCUT2D eigenvalue weighted by molar-refractivity contribution is 6.30. The quantitative estimate of drug-likeness (QED) is 0.828. The van der Waals surface area contributed by atoms with Crippen LogP contribution in [0.1, 0.15) is 37.1 Å². The normalized spacial score (nSPS) is 14.2. The van der Waals surface area contributed by atoms with E-state index in [1.165, 1.54) is 11.1 Å². The molecule has 0 amide bonds. The summed E-state index contributed by atoms with van der Waals surface area (Å²) < 4.78 is 0. The SMILES string of the molecule is CC(c1ccc(N)cc1)N(C)C(C)c1cccc(Cl)c1. The van der Waals surface area contributed by atoms with E-state index in [0.717, 1.165) is 10.7 Å². The predicted molar refractivity (Wildman–Crippen MR) is 86.9 cm³/mol. The average Bonchev–Trinajstić information content (AvgIpc) is 2.46. The first-order valence-electron chi connectivity index (χ1n) is 6.82. The molecule has 0 aromatic heterocycles. The molecule has 106 valence electrons. The maximum atomic E-state index is 6.08. The van der Waals surface area contributed by atoms with E-state index in [-0.39, 0.29) is 0 Å². The first-order chi connectivity index (χ1) is 9.49. The van der Waals surface area contributed by atoms with Gasteiger partial charge in [0.05, 0.1) is 0 Å². The van der Waals surface area contributed by atoms with Gasteiger partial charge in [-0.15, -0.1) is 0 Å². The largest absolute Gasteiger partial charge is 0.399 e. The number of benzene rings is 2. The van der Waals surface area contributed by atoms with E-state index in [0.29, 0.717) is 12.1 Å². The second kappa shape index (κ2) is 6.29. The highest BCUT2D eigenvalue weighted by Gasteiger charge is 2.18. The Morgan fingerprint density at radius 2 is 1.55 bits per heavy atom. The van der Waals surface area contributed by atoms with E-state index in [1.54, 1.807) is 0 Å². The Morgan fingerprint density at radius 3 is 2.15 bits per heavy atom. The van der Waals surface area contributed by atoms with Gasteiger partial charge in [0.15, 0.2) is 0 Å². The summed E-state index contributed by atoms with van der Waals surface area (Å²) in [6.07, 6.45) is 0. The van der Waals surface area contributed by atoms with E-state index in [2.05, 4.69) is 44.0 Å². The molecule has 2 aromatic carbocycles. The summed E-state index contributed by atoms with van der Waals surface area (Å²) in [5.41, 5.74) is 9.02. The number of nitrogens with zero attached hydrogens (tertiary/aromatic N) is 1. The third kappa shape index (κ3) is 3.33. The molecular weight excluding hydrogens is 268 g/mol. The number of nitrogens with two attached hydrogens (primary N) is 1. The lowest BCUT2D eigenvalue weighted by Gasteiger charge is -2.31. The third-order valence-corrected chi connectivity index (χ3v) is 4.21. The van der Waals surface area contributed by atoms with Crippen LogP contribution in [0.25, 0.3) is 0 Å². The van der Waals surface area contributed by atoms with Gasteiger partial charge >= 0.3 is 0 Å². The second-order valence-corrected chi connectivity index (χ2v) is 5.68. The van der Waals surface area contributed by atoms with Gasteiger partial charge in [0.2, 0.25) is 0 Å². The van der Waals surface area contributed by atoms with Gasteiger partial charge < -0.3 is 5.73 Å². The highest BCUT2D eigenvalue weighted by Crippen LogP contribution is 2.29. The molecule has 2 aromatic rings. The summed E-state index contributed by atoms with van der Waals surface area (Å²) in [5, 5.41) is 0.780. The van der Waals surface area contributed by atoms with Crippen molar-refractivity contribution in [1.82, 2.24) is 4.90 Å². The van der Waals surface area contributed by atoms with Gasteiger partial charge in [0.1, 0.15) is 0 Å². The number of halogens is 1. The van der Waals surface area contributed by atoms with Gasteiger partial charge in [0.25, 0.3) is 0 Å². The first-order valence-corrected chi connectivity index (χ1v) is 7.19. The fraction of sp³-hybridized carbons (Fsp3) is 0.294. The van der Waals surface area contributed by atoms with Gasteiger partial charge in [-0.2, -0.15) is 0 Å². The molecule has 2 unspecified atom stereocenters. The van der Waals surface area contributed by atoms with Crippen molar-refractivity contribution in [2.75, 3.05) is 12.8 Å². The van der Waals surface area contributed by atoms with Crippen molar-refractivity contribution in [3.8, 4) is 0 Å². The van der Waals surface area contributed by atoms with Gasteiger partial charge in [-0.05, 0) is 56.3 Å². The monoisotopic (exact) mass is 288 g/mol. The van der Waals surface area contributed by atoms with Crippen LogP contribution in [0.4, 0.5) is 5.69 Å². The van der Waals surface area contributed by atoms with Crippen molar-refractivity contribution >= 4 is 17.3 Å². The van der Waals surface area contributed by atoms with E-state index in [9.17, 15) is 0 Å². The van der Waals surface area contributed by atoms with Crippen molar-refractivity contribution in [3.63, 3.8) is 0 Å². The van der Waals surface area contributed by atoms with E-state index in [4.69, 9.17) is 17.3 Å². The van der Waals surface area contributed by atoms with Crippen LogP contribution < -0.4 is 5.73 Å². The van der Waals surface area contributed by atoms with Crippen molar-refractivity contribution < 1.29 is 0 Å². The minimum Gasteiger partial charge on any atom is -0.399 e. The Morgan fingerprint density at radius 1 is 0.950 bits per heavy atom. The van der Waals surface area contributed by atoms with Crippen LogP contribution in [0.2, 0.25) is 5.02 Å². The van der Waals surface area contributed by atoms with Crippen LogP contribution in [0.15, 0.2) is 48.5 Å². The molecule has 2 nitrogen and oxygen atoms in total. The molecule has 0 saturated heterocycles.